The Bertz CT molecular complexity index is 622. The number of nitrogens with zero attached hydrogens (tertiary/aromatic N) is 1. The van der Waals surface area contributed by atoms with Gasteiger partial charge in [0.15, 0.2) is 0 Å². The fourth-order valence-corrected chi connectivity index (χ4v) is 2.81. The van der Waals surface area contributed by atoms with E-state index in [1.807, 2.05) is 29.6 Å². The molecule has 0 radical (unpaired) electrons. The third-order valence-corrected chi connectivity index (χ3v) is 3.90. The van der Waals surface area contributed by atoms with E-state index in [0.717, 1.165) is 4.88 Å². The lowest BCUT2D eigenvalue weighted by Crippen LogP contribution is -2.35. The van der Waals surface area contributed by atoms with Gasteiger partial charge in [-0.25, -0.2) is 0 Å². The van der Waals surface area contributed by atoms with Gasteiger partial charge in [-0.05, 0) is 23.6 Å². The van der Waals surface area contributed by atoms with Crippen LogP contribution in [0.4, 0.5) is 5.69 Å². The fraction of sp³-hybridized carbons (Fsp3) is 0.143. The van der Waals surface area contributed by atoms with Crippen LogP contribution in [-0.2, 0) is 11.3 Å². The molecule has 4 nitrogen and oxygen atoms in total. The van der Waals surface area contributed by atoms with Crippen molar-refractivity contribution in [2.24, 2.45) is 0 Å². The molecule has 1 aromatic carbocycles. The first kappa shape index (κ1) is 11.9. The summed E-state index contributed by atoms with van der Waals surface area (Å²) < 4.78 is 0. The van der Waals surface area contributed by atoms with Gasteiger partial charge in [-0.1, -0.05) is 18.2 Å². The summed E-state index contributed by atoms with van der Waals surface area (Å²) in [5.74, 6) is -0.288. The molecule has 0 fully saturated rings. The number of carbonyl (C=O) groups is 2. The molecule has 1 aliphatic heterocycles. The molecular formula is C14H12N2O2S. The molecule has 2 amide bonds. The van der Waals surface area contributed by atoms with Gasteiger partial charge in [0, 0.05) is 4.88 Å². The Morgan fingerprint density at radius 3 is 2.79 bits per heavy atom. The van der Waals surface area contributed by atoms with E-state index in [1.54, 1.807) is 28.4 Å². The lowest BCUT2D eigenvalue weighted by Gasteiger charge is -2.21. The van der Waals surface area contributed by atoms with Crippen molar-refractivity contribution in [3.05, 3.63) is 52.2 Å². The third-order valence-electron chi connectivity index (χ3n) is 3.03. The summed E-state index contributed by atoms with van der Waals surface area (Å²) in [4.78, 5) is 26.8. The molecule has 0 saturated heterocycles. The van der Waals surface area contributed by atoms with Crippen molar-refractivity contribution in [2.45, 2.75) is 6.54 Å². The molecule has 0 unspecified atom stereocenters. The number of nitrogens with one attached hydrogen (secondary N) is 1. The molecule has 0 spiro atoms. The molecule has 1 aliphatic rings. The van der Waals surface area contributed by atoms with E-state index in [2.05, 4.69) is 5.32 Å². The quantitative estimate of drug-likeness (QED) is 0.909. The summed E-state index contributed by atoms with van der Waals surface area (Å²) in [5.41, 5.74) is 1.22. The second-order valence-electron chi connectivity index (χ2n) is 4.26. The second kappa shape index (κ2) is 4.85. The van der Waals surface area contributed by atoms with Gasteiger partial charge < -0.3 is 10.2 Å². The average Bonchev–Trinajstić information content (AvgIpc) is 2.91. The summed E-state index contributed by atoms with van der Waals surface area (Å²) in [6, 6.07) is 11.1. The van der Waals surface area contributed by atoms with Gasteiger partial charge in [-0.15, -0.1) is 11.3 Å². The molecule has 5 heteroatoms. The van der Waals surface area contributed by atoms with Crippen molar-refractivity contribution >= 4 is 28.8 Å². The highest BCUT2D eigenvalue weighted by atomic mass is 32.1. The topological polar surface area (TPSA) is 49.4 Å². The molecule has 0 saturated carbocycles. The Morgan fingerprint density at radius 2 is 2.00 bits per heavy atom. The number of hydrogen-bond donors (Lipinski definition) is 1. The highest BCUT2D eigenvalue weighted by molar-refractivity contribution is 7.09. The average molecular weight is 272 g/mol. The van der Waals surface area contributed by atoms with Gasteiger partial charge in [0.05, 0.1) is 24.3 Å². The number of benzene rings is 1. The van der Waals surface area contributed by atoms with Crippen molar-refractivity contribution < 1.29 is 9.59 Å². The molecule has 96 valence electrons. The van der Waals surface area contributed by atoms with E-state index in [9.17, 15) is 9.59 Å². The van der Waals surface area contributed by atoms with E-state index in [4.69, 9.17) is 0 Å². The van der Waals surface area contributed by atoms with Gasteiger partial charge in [0.2, 0.25) is 5.91 Å². The van der Waals surface area contributed by atoms with Gasteiger partial charge in [-0.2, -0.15) is 0 Å². The van der Waals surface area contributed by atoms with Crippen LogP contribution < -0.4 is 10.2 Å². The predicted molar refractivity (Wildman–Crippen MR) is 74.3 cm³/mol. The van der Waals surface area contributed by atoms with Crippen LogP contribution >= 0.6 is 11.3 Å². The minimum Gasteiger partial charge on any atom is -0.343 e. The minimum atomic E-state index is -0.197. The predicted octanol–water partition coefficient (Wildman–Crippen LogP) is 2.02. The van der Waals surface area contributed by atoms with Gasteiger partial charge >= 0.3 is 0 Å². The Morgan fingerprint density at radius 1 is 1.16 bits per heavy atom. The molecule has 19 heavy (non-hydrogen) atoms. The third kappa shape index (κ3) is 2.24. The molecule has 2 aromatic rings. The first-order chi connectivity index (χ1) is 9.25. The zero-order chi connectivity index (χ0) is 13.2. The van der Waals surface area contributed by atoms with Crippen LogP contribution in [0.15, 0.2) is 41.8 Å². The molecule has 1 N–H and O–H groups in total. The van der Waals surface area contributed by atoms with Crippen molar-refractivity contribution in [3.63, 3.8) is 0 Å². The van der Waals surface area contributed by atoms with Gasteiger partial charge in [0.1, 0.15) is 0 Å². The monoisotopic (exact) mass is 272 g/mol. The number of anilines is 1. The van der Waals surface area contributed by atoms with Crippen LogP contribution in [-0.4, -0.2) is 18.4 Å². The first-order valence-corrected chi connectivity index (χ1v) is 6.83. The van der Waals surface area contributed by atoms with Crippen LogP contribution in [0.5, 0.6) is 0 Å². The van der Waals surface area contributed by atoms with E-state index in [0.29, 0.717) is 17.8 Å². The Labute approximate surface area is 114 Å². The second-order valence-corrected chi connectivity index (χ2v) is 5.29. The maximum atomic E-state index is 12.2. The minimum absolute atomic E-state index is 0.0406. The summed E-state index contributed by atoms with van der Waals surface area (Å²) in [6.45, 7) is 0.543. The van der Waals surface area contributed by atoms with Crippen LogP contribution in [0.1, 0.15) is 15.2 Å². The van der Waals surface area contributed by atoms with Crippen LogP contribution in [0.25, 0.3) is 0 Å². The summed E-state index contributed by atoms with van der Waals surface area (Å²) in [7, 11) is 0. The molecule has 2 heterocycles. The molecule has 3 rings (SSSR count). The SMILES string of the molecule is O=C1NCC(=O)N(Cc2cccs2)c2ccccc21. The number of amides is 2. The van der Waals surface area contributed by atoms with Gasteiger partial charge in [0.25, 0.3) is 5.91 Å². The smallest absolute Gasteiger partial charge is 0.253 e. The maximum absolute atomic E-state index is 12.2. The highest BCUT2D eigenvalue weighted by Crippen LogP contribution is 2.25. The van der Waals surface area contributed by atoms with Gasteiger partial charge in [-0.3, -0.25) is 9.59 Å². The zero-order valence-corrected chi connectivity index (χ0v) is 10.9. The number of thiophene rings is 1. The molecule has 0 bridgehead atoms. The van der Waals surface area contributed by atoms with Crippen molar-refractivity contribution in [2.75, 3.05) is 11.4 Å². The van der Waals surface area contributed by atoms with Crippen LogP contribution in [0.3, 0.4) is 0 Å². The van der Waals surface area contributed by atoms with E-state index in [1.165, 1.54) is 0 Å². The van der Waals surface area contributed by atoms with E-state index in [-0.39, 0.29) is 18.4 Å². The van der Waals surface area contributed by atoms with E-state index >= 15 is 0 Å². The van der Waals surface area contributed by atoms with Crippen molar-refractivity contribution in [1.29, 1.82) is 0 Å². The van der Waals surface area contributed by atoms with E-state index < -0.39 is 0 Å². The Kier molecular flexibility index (Phi) is 3.05. The summed E-state index contributed by atoms with van der Waals surface area (Å²) in [6.07, 6.45) is 0. The summed E-state index contributed by atoms with van der Waals surface area (Å²) >= 11 is 1.60. The Hall–Kier alpha value is -2.14. The first-order valence-electron chi connectivity index (χ1n) is 5.95. The van der Waals surface area contributed by atoms with Crippen LogP contribution in [0.2, 0.25) is 0 Å². The number of rotatable bonds is 2. The Balaban J connectivity index is 2.03. The normalized spacial score (nSPS) is 14.8. The molecule has 0 aliphatic carbocycles. The largest absolute Gasteiger partial charge is 0.343 e. The highest BCUT2D eigenvalue weighted by Gasteiger charge is 2.26. The molecule has 1 aromatic heterocycles. The zero-order valence-electron chi connectivity index (χ0n) is 10.1. The number of para-hydroxylation sites is 1. The molecular weight excluding hydrogens is 260 g/mol. The maximum Gasteiger partial charge on any atom is 0.253 e. The van der Waals surface area contributed by atoms with Crippen molar-refractivity contribution in [3.8, 4) is 0 Å². The molecule has 0 atom stereocenters. The number of carbonyl (C=O) groups excluding carboxylic acids is 2. The van der Waals surface area contributed by atoms with Crippen molar-refractivity contribution in [1.82, 2.24) is 5.32 Å². The summed E-state index contributed by atoms with van der Waals surface area (Å²) in [5, 5.41) is 4.61. The number of fused-ring (bicyclic) bond motifs is 1. The fourth-order valence-electron chi connectivity index (χ4n) is 2.11. The lowest BCUT2D eigenvalue weighted by atomic mass is 10.1. The standard InChI is InChI=1S/C14H12N2O2S/c17-13-8-15-14(18)11-5-1-2-6-12(11)16(13)9-10-4-3-7-19-10/h1-7H,8-9H2,(H,15,18). The number of hydrogen-bond acceptors (Lipinski definition) is 3. The van der Waals surface area contributed by atoms with Crippen LogP contribution in [0, 0.1) is 0 Å². The lowest BCUT2D eigenvalue weighted by molar-refractivity contribution is -0.117.